The fraction of sp³-hybridized carbons (Fsp3) is 0.812. The highest BCUT2D eigenvalue weighted by molar-refractivity contribution is 5.72. The van der Waals surface area contributed by atoms with Crippen molar-refractivity contribution in [2.24, 2.45) is 35.5 Å². The average Bonchev–Trinajstić information content (AvgIpc) is 3.20. The molecule has 0 radical (unpaired) electrons. The lowest BCUT2D eigenvalue weighted by Gasteiger charge is -2.35. The summed E-state index contributed by atoms with van der Waals surface area (Å²) in [5, 5.41) is 0. The number of carbonyl (C=O) groups excluding carboxylic acids is 1. The Morgan fingerprint density at radius 3 is 2.80 bits per heavy atom. The summed E-state index contributed by atoms with van der Waals surface area (Å²) in [7, 11) is 1.53. The van der Waals surface area contributed by atoms with Crippen molar-refractivity contribution in [3.05, 3.63) is 12.2 Å². The second kappa shape index (κ2) is 4.57. The molecule has 1 saturated carbocycles. The molecule has 8 atom stereocenters. The standard InChI is InChI=1S/C16H22O4/c1-8(16(17)19-7-18-2)11-6-12-13-9-3-4-10(5-9)14(13)15(11)20-12/h3-4,8-15H,5-7H2,1-2H3. The minimum atomic E-state index is -0.150. The number of allylic oxidation sites excluding steroid dienone is 2. The molecule has 2 heterocycles. The van der Waals surface area contributed by atoms with Gasteiger partial charge in [0.05, 0.1) is 18.1 Å². The van der Waals surface area contributed by atoms with Crippen LogP contribution < -0.4 is 0 Å². The number of hydrogen-bond donors (Lipinski definition) is 0. The monoisotopic (exact) mass is 278 g/mol. The van der Waals surface area contributed by atoms with Gasteiger partial charge in [-0.2, -0.15) is 0 Å². The largest absolute Gasteiger partial charge is 0.438 e. The average molecular weight is 278 g/mol. The molecule has 0 N–H and O–H groups in total. The van der Waals surface area contributed by atoms with Crippen molar-refractivity contribution in [2.75, 3.05) is 13.9 Å². The third-order valence-electron chi connectivity index (χ3n) is 5.98. The van der Waals surface area contributed by atoms with Crippen molar-refractivity contribution in [1.82, 2.24) is 0 Å². The van der Waals surface area contributed by atoms with Crippen LogP contribution in [-0.2, 0) is 19.0 Å². The second-order valence-corrected chi connectivity index (χ2v) is 6.80. The number of rotatable bonds is 4. The molecule has 4 heteroatoms. The van der Waals surface area contributed by atoms with E-state index >= 15 is 0 Å². The zero-order chi connectivity index (χ0) is 13.9. The number of carbonyl (C=O) groups is 1. The molecule has 0 aromatic rings. The van der Waals surface area contributed by atoms with Crippen LogP contribution in [0, 0.1) is 35.5 Å². The van der Waals surface area contributed by atoms with Crippen LogP contribution in [0.4, 0.5) is 0 Å². The Kier molecular flexibility index (Phi) is 2.93. The Morgan fingerprint density at radius 1 is 1.30 bits per heavy atom. The maximum absolute atomic E-state index is 12.0. The molecular formula is C16H22O4. The van der Waals surface area contributed by atoms with E-state index in [2.05, 4.69) is 12.2 Å². The van der Waals surface area contributed by atoms with Gasteiger partial charge >= 0.3 is 5.97 Å². The molecule has 0 amide bonds. The molecule has 0 aromatic heterocycles. The minimum Gasteiger partial charge on any atom is -0.438 e. The topological polar surface area (TPSA) is 44.8 Å². The lowest BCUT2D eigenvalue weighted by molar-refractivity contribution is -0.161. The summed E-state index contributed by atoms with van der Waals surface area (Å²) < 4.78 is 16.2. The highest BCUT2D eigenvalue weighted by Crippen LogP contribution is 2.62. The summed E-state index contributed by atoms with van der Waals surface area (Å²) in [6, 6.07) is 0. The molecule has 4 rings (SSSR count). The van der Waals surface area contributed by atoms with Crippen LogP contribution in [0.5, 0.6) is 0 Å². The summed E-state index contributed by atoms with van der Waals surface area (Å²) >= 11 is 0. The van der Waals surface area contributed by atoms with Gasteiger partial charge in [0.1, 0.15) is 0 Å². The molecule has 3 fully saturated rings. The fourth-order valence-electron chi connectivity index (χ4n) is 5.18. The first-order chi connectivity index (χ1) is 9.70. The van der Waals surface area contributed by atoms with Crippen molar-refractivity contribution in [3.63, 3.8) is 0 Å². The van der Waals surface area contributed by atoms with Gasteiger partial charge in [-0.15, -0.1) is 0 Å². The number of methoxy groups -OCH3 is 1. The van der Waals surface area contributed by atoms with Crippen LogP contribution in [-0.4, -0.2) is 32.1 Å². The lowest BCUT2D eigenvalue weighted by atomic mass is 9.67. The molecule has 4 aliphatic rings. The molecule has 8 unspecified atom stereocenters. The number of esters is 1. The first-order valence-corrected chi connectivity index (χ1v) is 7.70. The Hall–Kier alpha value is -0.870. The molecule has 2 aliphatic heterocycles. The Balaban J connectivity index is 1.48. The summed E-state index contributed by atoms with van der Waals surface area (Å²) in [5.74, 6) is 2.85. The molecule has 0 spiro atoms. The van der Waals surface area contributed by atoms with E-state index in [1.54, 1.807) is 0 Å². The van der Waals surface area contributed by atoms with Crippen molar-refractivity contribution >= 4 is 5.97 Å². The minimum absolute atomic E-state index is 0.0460. The molecule has 0 aromatic carbocycles. The molecule has 2 aliphatic carbocycles. The lowest BCUT2D eigenvalue weighted by Crippen LogP contribution is -2.40. The molecular weight excluding hydrogens is 256 g/mol. The number of fused-ring (bicyclic) bond motifs is 9. The third-order valence-corrected chi connectivity index (χ3v) is 5.98. The van der Waals surface area contributed by atoms with Gasteiger partial charge in [0.2, 0.25) is 0 Å². The predicted molar refractivity (Wildman–Crippen MR) is 71.6 cm³/mol. The van der Waals surface area contributed by atoms with Crippen LogP contribution >= 0.6 is 0 Å². The van der Waals surface area contributed by atoms with E-state index < -0.39 is 0 Å². The molecule has 20 heavy (non-hydrogen) atoms. The summed E-state index contributed by atoms with van der Waals surface area (Å²) in [5.41, 5.74) is 0. The summed E-state index contributed by atoms with van der Waals surface area (Å²) in [6.45, 7) is 2.02. The van der Waals surface area contributed by atoms with E-state index in [1.807, 2.05) is 6.92 Å². The second-order valence-electron chi connectivity index (χ2n) is 6.80. The van der Waals surface area contributed by atoms with Gasteiger partial charge in [-0.25, -0.2) is 0 Å². The predicted octanol–water partition coefficient (Wildman–Crippen LogP) is 2.00. The summed E-state index contributed by atoms with van der Waals surface area (Å²) in [6.07, 6.45) is 7.72. The number of ether oxygens (including phenoxy) is 3. The van der Waals surface area contributed by atoms with Crippen LogP contribution in [0.3, 0.4) is 0 Å². The maximum Gasteiger partial charge on any atom is 0.311 e. The SMILES string of the molecule is COCOC(=O)C(C)C1CC2OC1C1C3C=CC(C3)C21. The van der Waals surface area contributed by atoms with Gasteiger partial charge in [-0.1, -0.05) is 19.1 Å². The van der Waals surface area contributed by atoms with Crippen LogP contribution in [0.25, 0.3) is 0 Å². The Morgan fingerprint density at radius 2 is 2.05 bits per heavy atom. The quantitative estimate of drug-likeness (QED) is 0.448. The summed E-state index contributed by atoms with van der Waals surface area (Å²) in [4.78, 5) is 12.0. The van der Waals surface area contributed by atoms with Crippen molar-refractivity contribution in [3.8, 4) is 0 Å². The molecule has 4 bridgehead atoms. The first-order valence-electron chi connectivity index (χ1n) is 7.70. The fourth-order valence-corrected chi connectivity index (χ4v) is 5.18. The van der Waals surface area contributed by atoms with Crippen molar-refractivity contribution in [1.29, 1.82) is 0 Å². The third kappa shape index (κ3) is 1.64. The van der Waals surface area contributed by atoms with E-state index in [1.165, 1.54) is 13.5 Å². The van der Waals surface area contributed by atoms with E-state index in [0.717, 1.165) is 12.3 Å². The van der Waals surface area contributed by atoms with Crippen LogP contribution in [0.2, 0.25) is 0 Å². The first kappa shape index (κ1) is 12.8. The van der Waals surface area contributed by atoms with E-state index in [0.29, 0.717) is 29.8 Å². The maximum atomic E-state index is 12.0. The van der Waals surface area contributed by atoms with E-state index in [4.69, 9.17) is 14.2 Å². The van der Waals surface area contributed by atoms with Gasteiger partial charge < -0.3 is 14.2 Å². The smallest absolute Gasteiger partial charge is 0.311 e. The zero-order valence-corrected chi connectivity index (χ0v) is 12.0. The van der Waals surface area contributed by atoms with Gasteiger partial charge in [0.15, 0.2) is 6.79 Å². The Labute approximate surface area is 119 Å². The highest BCUT2D eigenvalue weighted by atomic mass is 16.7. The van der Waals surface area contributed by atoms with Crippen LogP contribution in [0.15, 0.2) is 12.2 Å². The van der Waals surface area contributed by atoms with E-state index in [9.17, 15) is 4.79 Å². The highest BCUT2D eigenvalue weighted by Gasteiger charge is 2.63. The van der Waals surface area contributed by atoms with Crippen molar-refractivity contribution < 1.29 is 19.0 Å². The van der Waals surface area contributed by atoms with Gasteiger partial charge in [0.25, 0.3) is 0 Å². The van der Waals surface area contributed by atoms with Gasteiger partial charge in [-0.3, -0.25) is 4.79 Å². The zero-order valence-electron chi connectivity index (χ0n) is 12.0. The normalized spacial score (nSPS) is 48.6. The molecule has 110 valence electrons. The molecule has 4 nitrogen and oxygen atoms in total. The van der Waals surface area contributed by atoms with E-state index in [-0.39, 0.29) is 24.8 Å². The Bertz CT molecular complexity index is 446. The van der Waals surface area contributed by atoms with Crippen molar-refractivity contribution in [2.45, 2.75) is 32.0 Å². The molecule has 2 saturated heterocycles. The van der Waals surface area contributed by atoms with Gasteiger partial charge in [0, 0.05) is 13.0 Å². The number of hydrogen-bond acceptors (Lipinski definition) is 4. The van der Waals surface area contributed by atoms with Crippen LogP contribution in [0.1, 0.15) is 19.8 Å². The van der Waals surface area contributed by atoms with Gasteiger partial charge in [-0.05, 0) is 36.5 Å².